The van der Waals surface area contributed by atoms with Crippen molar-refractivity contribution in [2.24, 2.45) is 0 Å². The molecule has 7 aromatic carbocycles. The number of hydrogen-bond donors (Lipinski definition) is 0. The van der Waals surface area contributed by atoms with Gasteiger partial charge in [-0.25, -0.2) is 0 Å². The maximum atomic E-state index is 5.95. The molecule has 0 saturated carbocycles. The molecule has 0 aliphatic carbocycles. The quantitative estimate of drug-likeness (QED) is 0.146. The number of hydrogen-bond acceptors (Lipinski definition) is 1. The van der Waals surface area contributed by atoms with Crippen LogP contribution in [0.3, 0.4) is 0 Å². The largest absolute Gasteiger partial charge is 0.380 e. The van der Waals surface area contributed by atoms with Gasteiger partial charge in [-0.15, -0.1) is 0 Å². The van der Waals surface area contributed by atoms with Crippen molar-refractivity contribution in [2.75, 3.05) is 13.7 Å². The molecule has 1 nitrogen and oxygen atoms in total. The second kappa shape index (κ2) is 11.5. The van der Waals surface area contributed by atoms with E-state index in [4.69, 9.17) is 4.74 Å². The first-order valence-electron chi connectivity index (χ1n) is 14.5. The van der Waals surface area contributed by atoms with Gasteiger partial charge in [0.25, 0.3) is 0 Å². The fraction of sp³-hybridized carbons (Fsp3) is 0.0500. The van der Waals surface area contributed by atoms with Crippen LogP contribution in [0.25, 0.3) is 43.4 Å². The maximum Gasteiger partial charge on any atom is 0.242 e. The maximum absolute atomic E-state index is 5.95. The molecule has 0 heterocycles. The highest BCUT2D eigenvalue weighted by atomic mass is 16.5. The number of methoxy groups -OCH3 is 1. The Morgan fingerprint density at radius 2 is 0.905 bits per heavy atom. The monoisotopic (exact) mass is 538 g/mol. The summed E-state index contributed by atoms with van der Waals surface area (Å²) < 4.78 is 5.95. The van der Waals surface area contributed by atoms with E-state index in [1.807, 2.05) is 0 Å². The molecule has 0 radical (unpaired) electrons. The topological polar surface area (TPSA) is 9.23 Å². The van der Waals surface area contributed by atoms with Crippen LogP contribution in [0.1, 0.15) is 11.1 Å². The van der Waals surface area contributed by atoms with E-state index in [-0.39, 0.29) is 6.71 Å². The van der Waals surface area contributed by atoms with Crippen LogP contribution in [0.4, 0.5) is 0 Å². The number of ether oxygens (including phenoxy) is 1. The Kier molecular flexibility index (Phi) is 7.14. The van der Waals surface area contributed by atoms with Gasteiger partial charge in [-0.05, 0) is 55.1 Å². The zero-order valence-corrected chi connectivity index (χ0v) is 23.7. The molecule has 0 fully saturated rings. The predicted octanol–water partition coefficient (Wildman–Crippen LogP) is 8.55. The third kappa shape index (κ3) is 5.02. The van der Waals surface area contributed by atoms with Crippen LogP contribution >= 0.6 is 0 Å². The Labute approximate surface area is 247 Å². The minimum Gasteiger partial charge on any atom is -0.380 e. The number of benzene rings is 7. The van der Waals surface area contributed by atoms with E-state index in [1.54, 1.807) is 7.11 Å². The fourth-order valence-electron chi connectivity index (χ4n) is 6.27. The van der Waals surface area contributed by atoms with Crippen LogP contribution in [-0.2, 0) is 4.74 Å². The lowest BCUT2D eigenvalue weighted by molar-refractivity contribution is 0.240. The summed E-state index contributed by atoms with van der Waals surface area (Å²) in [5.41, 5.74) is 7.36. The number of rotatable bonds is 7. The van der Waals surface area contributed by atoms with Crippen molar-refractivity contribution >= 4 is 61.0 Å². The lowest BCUT2D eigenvalue weighted by atomic mass is 9.34. The minimum absolute atomic E-state index is 0.0225. The molecule has 0 atom stereocenters. The first kappa shape index (κ1) is 26.0. The van der Waals surface area contributed by atoms with Crippen molar-refractivity contribution < 1.29 is 4.74 Å². The molecule has 2 heteroatoms. The van der Waals surface area contributed by atoms with Gasteiger partial charge in [0.15, 0.2) is 0 Å². The third-order valence-electron chi connectivity index (χ3n) is 8.30. The van der Waals surface area contributed by atoms with Crippen LogP contribution in [-0.4, -0.2) is 20.4 Å². The Morgan fingerprint density at radius 1 is 0.452 bits per heavy atom. The molecule has 0 aromatic heterocycles. The summed E-state index contributed by atoms with van der Waals surface area (Å²) in [6, 6.07) is 57.3. The summed E-state index contributed by atoms with van der Waals surface area (Å²) >= 11 is 0. The Hall–Kier alpha value is -4.92. The van der Waals surface area contributed by atoms with E-state index in [0.717, 1.165) is 0 Å². The molecule has 0 saturated heterocycles. The molecular formula is C40H31BO. The van der Waals surface area contributed by atoms with E-state index in [1.165, 1.54) is 65.4 Å². The van der Waals surface area contributed by atoms with Gasteiger partial charge < -0.3 is 4.74 Å². The average Bonchev–Trinajstić information content (AvgIpc) is 3.06. The first-order chi connectivity index (χ1) is 20.8. The van der Waals surface area contributed by atoms with Gasteiger partial charge in [-0.3, -0.25) is 0 Å². The van der Waals surface area contributed by atoms with Gasteiger partial charge in [0.1, 0.15) is 0 Å². The highest BCUT2D eigenvalue weighted by Crippen LogP contribution is 2.32. The summed E-state index contributed by atoms with van der Waals surface area (Å²) in [4.78, 5) is 0. The highest BCUT2D eigenvalue weighted by Gasteiger charge is 2.29. The summed E-state index contributed by atoms with van der Waals surface area (Å²) in [6.45, 7) is 0.481. The van der Waals surface area contributed by atoms with Crippen LogP contribution in [0.15, 0.2) is 158 Å². The minimum atomic E-state index is -0.0225. The van der Waals surface area contributed by atoms with Crippen molar-refractivity contribution in [3.05, 3.63) is 169 Å². The van der Waals surface area contributed by atoms with Crippen molar-refractivity contribution in [2.45, 2.75) is 0 Å². The Morgan fingerprint density at radius 3 is 1.43 bits per heavy atom. The average molecular weight is 538 g/mol. The summed E-state index contributed by atoms with van der Waals surface area (Å²) in [5.74, 6) is 0. The molecule has 0 N–H and O–H groups in total. The van der Waals surface area contributed by atoms with Crippen molar-refractivity contribution in [3.63, 3.8) is 0 Å². The summed E-state index contributed by atoms with van der Waals surface area (Å²) in [7, 11) is 1.79. The fourth-order valence-corrected chi connectivity index (χ4v) is 6.27. The van der Waals surface area contributed by atoms with E-state index in [2.05, 4.69) is 158 Å². The smallest absolute Gasteiger partial charge is 0.242 e. The normalized spacial score (nSPS) is 12.0. The number of fused-ring (bicyclic) bond motifs is 3. The zero-order valence-electron chi connectivity index (χ0n) is 23.7. The molecule has 200 valence electrons. The van der Waals surface area contributed by atoms with Gasteiger partial charge in [0, 0.05) is 7.11 Å². The first-order valence-corrected chi connectivity index (χ1v) is 14.5. The molecule has 0 aliphatic heterocycles. The SMILES string of the molecule is COC/C(=C(\B(c1ccc2ccccc2c1)c1ccc2ccccc2c1)c1ccc2ccccc2c1)c1ccccc1. The Balaban J connectivity index is 1.58. The van der Waals surface area contributed by atoms with E-state index >= 15 is 0 Å². The summed E-state index contributed by atoms with van der Waals surface area (Å²) in [5, 5.41) is 7.44. The van der Waals surface area contributed by atoms with Gasteiger partial charge in [-0.1, -0.05) is 168 Å². The molecule has 0 aliphatic rings. The van der Waals surface area contributed by atoms with E-state index in [0.29, 0.717) is 6.61 Å². The molecule has 7 rings (SSSR count). The van der Waals surface area contributed by atoms with Gasteiger partial charge >= 0.3 is 0 Å². The molecule has 0 bridgehead atoms. The second-order valence-corrected chi connectivity index (χ2v) is 10.9. The molecule has 0 unspecified atom stereocenters. The van der Waals surface area contributed by atoms with Crippen LogP contribution in [0, 0.1) is 0 Å². The lowest BCUT2D eigenvalue weighted by Crippen LogP contribution is -2.44. The van der Waals surface area contributed by atoms with Crippen molar-refractivity contribution in [1.29, 1.82) is 0 Å². The molecule has 7 aromatic rings. The van der Waals surface area contributed by atoms with E-state index < -0.39 is 0 Å². The molecule has 0 spiro atoms. The van der Waals surface area contributed by atoms with Crippen LogP contribution < -0.4 is 10.9 Å². The van der Waals surface area contributed by atoms with Crippen LogP contribution in [0.2, 0.25) is 0 Å². The van der Waals surface area contributed by atoms with E-state index in [9.17, 15) is 0 Å². The molecule has 0 amide bonds. The lowest BCUT2D eigenvalue weighted by Gasteiger charge is -2.25. The highest BCUT2D eigenvalue weighted by molar-refractivity contribution is 7.01. The molecule has 42 heavy (non-hydrogen) atoms. The molecular weight excluding hydrogens is 507 g/mol. The summed E-state index contributed by atoms with van der Waals surface area (Å²) in [6.07, 6.45) is 0. The van der Waals surface area contributed by atoms with Gasteiger partial charge in [-0.2, -0.15) is 0 Å². The second-order valence-electron chi connectivity index (χ2n) is 10.9. The van der Waals surface area contributed by atoms with Crippen molar-refractivity contribution in [1.82, 2.24) is 0 Å². The van der Waals surface area contributed by atoms with Crippen LogP contribution in [0.5, 0.6) is 0 Å². The Bertz CT molecular complexity index is 1980. The van der Waals surface area contributed by atoms with Crippen molar-refractivity contribution in [3.8, 4) is 0 Å². The third-order valence-corrected chi connectivity index (χ3v) is 8.30. The standard InChI is InChI=1S/C40H31BO/c1-42-28-39(32-14-3-2-4-15-32)40(36-20-19-29-11-5-8-16-33(29)25-36)41(37-23-21-30-12-6-9-17-34(30)26-37)38-24-22-31-13-7-10-18-35(31)27-38/h2-27H,28H2,1H3/b40-39+. The van der Waals surface area contributed by atoms with Gasteiger partial charge in [0.05, 0.1) is 6.61 Å². The predicted molar refractivity (Wildman–Crippen MR) is 182 cm³/mol. The van der Waals surface area contributed by atoms with Gasteiger partial charge in [0.2, 0.25) is 6.71 Å². The zero-order chi connectivity index (χ0) is 28.3.